The molecule has 1 heterocycles. The molecule has 2 aromatic carbocycles. The van der Waals surface area contributed by atoms with Gasteiger partial charge < -0.3 is 14.6 Å². The van der Waals surface area contributed by atoms with Crippen molar-refractivity contribution in [2.75, 3.05) is 7.11 Å². The van der Waals surface area contributed by atoms with E-state index in [-0.39, 0.29) is 11.9 Å². The summed E-state index contributed by atoms with van der Waals surface area (Å²) in [4.78, 5) is 0. The minimum absolute atomic E-state index is 0.0569. The van der Waals surface area contributed by atoms with Crippen molar-refractivity contribution in [1.82, 2.24) is 0 Å². The highest BCUT2D eigenvalue weighted by Crippen LogP contribution is 2.36. The zero-order valence-electron chi connectivity index (χ0n) is 10.8. The second-order valence-electron chi connectivity index (χ2n) is 4.71. The Morgan fingerprint density at radius 1 is 1.16 bits per heavy atom. The average Bonchev–Trinajstić information content (AvgIpc) is 2.47. The van der Waals surface area contributed by atoms with E-state index in [1.807, 2.05) is 30.3 Å². The summed E-state index contributed by atoms with van der Waals surface area (Å²) in [7, 11) is 1.67. The van der Waals surface area contributed by atoms with E-state index in [1.165, 1.54) is 5.56 Å². The van der Waals surface area contributed by atoms with Crippen LogP contribution in [0.4, 0.5) is 0 Å². The first-order chi connectivity index (χ1) is 9.26. The van der Waals surface area contributed by atoms with Gasteiger partial charge in [0.05, 0.1) is 7.11 Å². The number of aromatic hydroxyl groups is 1. The summed E-state index contributed by atoms with van der Waals surface area (Å²) < 4.78 is 11.2. The Hall–Kier alpha value is -2.16. The summed E-state index contributed by atoms with van der Waals surface area (Å²) in [6.45, 7) is 0. The Kier molecular flexibility index (Phi) is 3.03. The van der Waals surface area contributed by atoms with Crippen LogP contribution >= 0.6 is 0 Å². The lowest BCUT2D eigenvalue weighted by Crippen LogP contribution is -2.15. The van der Waals surface area contributed by atoms with E-state index in [2.05, 4.69) is 0 Å². The monoisotopic (exact) mass is 256 g/mol. The van der Waals surface area contributed by atoms with Gasteiger partial charge in [-0.1, -0.05) is 12.1 Å². The Morgan fingerprint density at radius 3 is 2.68 bits per heavy atom. The number of hydrogen-bond donors (Lipinski definition) is 1. The van der Waals surface area contributed by atoms with Crippen LogP contribution in [-0.2, 0) is 6.42 Å². The molecule has 0 aliphatic carbocycles. The van der Waals surface area contributed by atoms with E-state index in [9.17, 15) is 5.11 Å². The van der Waals surface area contributed by atoms with E-state index in [0.29, 0.717) is 0 Å². The fraction of sp³-hybridized carbons (Fsp3) is 0.250. The summed E-state index contributed by atoms with van der Waals surface area (Å²) in [5.41, 5.74) is 2.29. The number of ether oxygens (including phenoxy) is 2. The van der Waals surface area contributed by atoms with Crippen molar-refractivity contribution in [2.45, 2.75) is 18.9 Å². The van der Waals surface area contributed by atoms with Crippen LogP contribution in [0.3, 0.4) is 0 Å². The Balaban J connectivity index is 1.84. The third-order valence-corrected chi connectivity index (χ3v) is 3.48. The molecular formula is C16H16O3. The first-order valence-electron chi connectivity index (χ1n) is 6.39. The molecule has 1 aliphatic rings. The maximum Gasteiger partial charge on any atom is 0.124 e. The van der Waals surface area contributed by atoms with Crippen molar-refractivity contribution >= 4 is 0 Å². The van der Waals surface area contributed by atoms with E-state index >= 15 is 0 Å². The first kappa shape index (κ1) is 11.9. The number of phenolic OH excluding ortho intramolecular Hbond substituents is 1. The van der Waals surface area contributed by atoms with Gasteiger partial charge in [-0.2, -0.15) is 0 Å². The van der Waals surface area contributed by atoms with E-state index in [0.717, 1.165) is 29.9 Å². The molecule has 0 aromatic heterocycles. The van der Waals surface area contributed by atoms with E-state index in [1.54, 1.807) is 19.2 Å². The molecule has 0 radical (unpaired) electrons. The van der Waals surface area contributed by atoms with Gasteiger partial charge in [0.1, 0.15) is 23.4 Å². The molecular weight excluding hydrogens is 240 g/mol. The molecule has 0 spiro atoms. The van der Waals surface area contributed by atoms with Gasteiger partial charge in [0.25, 0.3) is 0 Å². The summed E-state index contributed by atoms with van der Waals surface area (Å²) in [5.74, 6) is 2.07. The zero-order valence-corrected chi connectivity index (χ0v) is 10.8. The number of aryl methyl sites for hydroxylation is 1. The van der Waals surface area contributed by atoms with Gasteiger partial charge in [-0.3, -0.25) is 0 Å². The number of methoxy groups -OCH3 is 1. The first-order valence-corrected chi connectivity index (χ1v) is 6.39. The molecule has 1 aliphatic heterocycles. The van der Waals surface area contributed by atoms with Crippen molar-refractivity contribution in [3.63, 3.8) is 0 Å². The van der Waals surface area contributed by atoms with Gasteiger partial charge in [0.2, 0.25) is 0 Å². The van der Waals surface area contributed by atoms with Crippen LogP contribution in [0.5, 0.6) is 17.2 Å². The lowest BCUT2D eigenvalue weighted by Gasteiger charge is -2.26. The standard InChI is InChI=1S/C16H16O3/c1-18-14-7-9-16-12(10-14)4-8-15(19-16)11-2-5-13(17)6-3-11/h2-3,5-7,9-10,15,17H,4,8H2,1H3. The van der Waals surface area contributed by atoms with Gasteiger partial charge in [0.15, 0.2) is 0 Å². The zero-order chi connectivity index (χ0) is 13.2. The number of hydrogen-bond acceptors (Lipinski definition) is 3. The van der Waals surface area contributed by atoms with Gasteiger partial charge in [-0.25, -0.2) is 0 Å². The largest absolute Gasteiger partial charge is 0.508 e. The molecule has 0 bridgehead atoms. The number of benzene rings is 2. The highest BCUT2D eigenvalue weighted by atomic mass is 16.5. The Morgan fingerprint density at radius 2 is 1.95 bits per heavy atom. The molecule has 3 rings (SSSR count). The minimum atomic E-state index is 0.0569. The van der Waals surface area contributed by atoms with Crippen LogP contribution in [0, 0.1) is 0 Å². The SMILES string of the molecule is COc1ccc2c(c1)CCC(c1ccc(O)cc1)O2. The fourth-order valence-corrected chi connectivity index (χ4v) is 2.42. The van der Waals surface area contributed by atoms with E-state index in [4.69, 9.17) is 9.47 Å². The van der Waals surface area contributed by atoms with Crippen LogP contribution in [0.25, 0.3) is 0 Å². The van der Waals surface area contributed by atoms with Crippen molar-refractivity contribution < 1.29 is 14.6 Å². The van der Waals surface area contributed by atoms with Crippen LogP contribution in [0.15, 0.2) is 42.5 Å². The third kappa shape index (κ3) is 2.36. The molecule has 3 nitrogen and oxygen atoms in total. The quantitative estimate of drug-likeness (QED) is 0.894. The van der Waals surface area contributed by atoms with Crippen LogP contribution in [-0.4, -0.2) is 12.2 Å². The van der Waals surface area contributed by atoms with Crippen LogP contribution in [0.1, 0.15) is 23.7 Å². The molecule has 3 heteroatoms. The van der Waals surface area contributed by atoms with E-state index < -0.39 is 0 Å². The van der Waals surface area contributed by atoms with Gasteiger partial charge in [0, 0.05) is 0 Å². The summed E-state index contributed by atoms with van der Waals surface area (Å²) in [6.07, 6.45) is 1.96. The second kappa shape index (κ2) is 4.84. The Bertz CT molecular complexity index is 575. The molecule has 1 atom stereocenters. The highest BCUT2D eigenvalue weighted by molar-refractivity contribution is 5.42. The number of phenols is 1. The van der Waals surface area contributed by atoms with Crippen molar-refractivity contribution in [2.24, 2.45) is 0 Å². The molecule has 19 heavy (non-hydrogen) atoms. The van der Waals surface area contributed by atoms with Gasteiger partial charge >= 0.3 is 0 Å². The predicted molar refractivity (Wildman–Crippen MR) is 72.8 cm³/mol. The number of fused-ring (bicyclic) bond motifs is 1. The fourth-order valence-electron chi connectivity index (χ4n) is 2.42. The van der Waals surface area contributed by atoms with Crippen LogP contribution < -0.4 is 9.47 Å². The summed E-state index contributed by atoms with van der Waals surface area (Å²) in [6, 6.07) is 13.1. The van der Waals surface area contributed by atoms with Gasteiger partial charge in [-0.05, 0) is 54.3 Å². The molecule has 0 saturated heterocycles. The smallest absolute Gasteiger partial charge is 0.124 e. The number of rotatable bonds is 2. The summed E-state index contributed by atoms with van der Waals surface area (Å²) in [5, 5.41) is 9.32. The maximum atomic E-state index is 9.32. The van der Waals surface area contributed by atoms with Crippen molar-refractivity contribution in [3.05, 3.63) is 53.6 Å². The average molecular weight is 256 g/mol. The second-order valence-corrected chi connectivity index (χ2v) is 4.71. The topological polar surface area (TPSA) is 38.7 Å². The lowest BCUT2D eigenvalue weighted by molar-refractivity contribution is 0.176. The maximum absolute atomic E-state index is 9.32. The molecule has 1 N–H and O–H groups in total. The van der Waals surface area contributed by atoms with Gasteiger partial charge in [-0.15, -0.1) is 0 Å². The normalized spacial score (nSPS) is 17.4. The summed E-state index contributed by atoms with van der Waals surface area (Å²) >= 11 is 0. The van der Waals surface area contributed by atoms with Crippen molar-refractivity contribution in [3.8, 4) is 17.2 Å². The predicted octanol–water partition coefficient (Wildman–Crippen LogP) is 3.47. The minimum Gasteiger partial charge on any atom is -0.508 e. The van der Waals surface area contributed by atoms with Crippen molar-refractivity contribution in [1.29, 1.82) is 0 Å². The molecule has 1 unspecified atom stereocenters. The highest BCUT2D eigenvalue weighted by Gasteiger charge is 2.21. The third-order valence-electron chi connectivity index (χ3n) is 3.48. The lowest BCUT2D eigenvalue weighted by atomic mass is 9.97. The molecule has 0 saturated carbocycles. The Labute approximate surface area is 112 Å². The molecule has 2 aromatic rings. The molecule has 0 fully saturated rings. The van der Waals surface area contributed by atoms with Crippen LogP contribution in [0.2, 0.25) is 0 Å². The molecule has 0 amide bonds. The molecule has 98 valence electrons.